The maximum atomic E-state index is 12.1. The first-order valence-electron chi connectivity index (χ1n) is 7.90. The predicted molar refractivity (Wildman–Crippen MR) is 96.1 cm³/mol. The zero-order chi connectivity index (χ0) is 18.0. The van der Waals surface area contributed by atoms with Gasteiger partial charge < -0.3 is 14.4 Å². The van der Waals surface area contributed by atoms with E-state index in [1.807, 2.05) is 36.4 Å². The molecule has 25 heavy (non-hydrogen) atoms. The Balaban J connectivity index is 2.18. The van der Waals surface area contributed by atoms with Gasteiger partial charge in [0, 0.05) is 23.6 Å². The fourth-order valence-corrected chi connectivity index (χ4v) is 3.06. The number of fused-ring (bicyclic) bond motifs is 1. The Labute approximate surface area is 146 Å². The van der Waals surface area contributed by atoms with E-state index in [0.29, 0.717) is 17.8 Å². The van der Waals surface area contributed by atoms with Gasteiger partial charge in [0.2, 0.25) is 5.91 Å². The molecule has 1 aliphatic heterocycles. The molecule has 0 aromatic heterocycles. The standard InChI is InChI=1S/C20H19NO4/c1-13(22)21-12-17(19(24-2)14-7-5-4-6-8-14)16-10-9-15(11-18(16)21)20(23)25-3/h4-11H,12H2,1-3H3/b19-17-. The summed E-state index contributed by atoms with van der Waals surface area (Å²) in [6.45, 7) is 1.90. The Morgan fingerprint density at radius 3 is 2.28 bits per heavy atom. The minimum atomic E-state index is -0.432. The Morgan fingerprint density at radius 1 is 0.960 bits per heavy atom. The highest BCUT2D eigenvalue weighted by atomic mass is 16.5. The average Bonchev–Trinajstić information content (AvgIpc) is 3.01. The maximum absolute atomic E-state index is 12.1. The monoisotopic (exact) mass is 337 g/mol. The second-order valence-corrected chi connectivity index (χ2v) is 5.71. The Hall–Kier alpha value is -3.08. The van der Waals surface area contributed by atoms with E-state index >= 15 is 0 Å². The molecule has 0 N–H and O–H groups in total. The quantitative estimate of drug-likeness (QED) is 0.637. The molecular formula is C20H19NO4. The molecule has 0 aliphatic carbocycles. The van der Waals surface area contributed by atoms with Gasteiger partial charge in [0.05, 0.1) is 32.0 Å². The van der Waals surface area contributed by atoms with Gasteiger partial charge in [-0.05, 0) is 12.1 Å². The molecule has 0 saturated heterocycles. The molecule has 1 aliphatic rings. The first-order valence-corrected chi connectivity index (χ1v) is 7.90. The van der Waals surface area contributed by atoms with Crippen LogP contribution >= 0.6 is 0 Å². The van der Waals surface area contributed by atoms with Crippen LogP contribution in [-0.4, -0.2) is 32.6 Å². The van der Waals surface area contributed by atoms with Gasteiger partial charge in [0.25, 0.3) is 0 Å². The van der Waals surface area contributed by atoms with Crippen molar-refractivity contribution in [3.05, 3.63) is 65.2 Å². The molecule has 0 unspecified atom stereocenters. The molecule has 0 atom stereocenters. The number of hydrogen-bond donors (Lipinski definition) is 0. The van der Waals surface area contributed by atoms with Crippen molar-refractivity contribution in [1.29, 1.82) is 0 Å². The van der Waals surface area contributed by atoms with Gasteiger partial charge in [-0.3, -0.25) is 4.79 Å². The molecule has 0 fully saturated rings. The van der Waals surface area contributed by atoms with Crippen molar-refractivity contribution in [3.8, 4) is 0 Å². The summed E-state index contributed by atoms with van der Waals surface area (Å²) in [6, 6.07) is 15.0. The van der Waals surface area contributed by atoms with Crippen molar-refractivity contribution >= 4 is 28.9 Å². The van der Waals surface area contributed by atoms with Crippen LogP contribution in [0, 0.1) is 0 Å². The lowest BCUT2D eigenvalue weighted by molar-refractivity contribution is -0.116. The molecule has 3 rings (SSSR count). The Morgan fingerprint density at radius 2 is 1.68 bits per heavy atom. The van der Waals surface area contributed by atoms with Crippen LogP contribution in [0.3, 0.4) is 0 Å². The largest absolute Gasteiger partial charge is 0.496 e. The highest BCUT2D eigenvalue weighted by molar-refractivity contribution is 6.07. The highest BCUT2D eigenvalue weighted by Crippen LogP contribution is 2.40. The van der Waals surface area contributed by atoms with E-state index in [-0.39, 0.29) is 5.91 Å². The minimum absolute atomic E-state index is 0.0956. The van der Waals surface area contributed by atoms with Gasteiger partial charge in [-0.15, -0.1) is 0 Å². The second-order valence-electron chi connectivity index (χ2n) is 5.71. The number of carbonyl (C=O) groups is 2. The third kappa shape index (κ3) is 3.01. The zero-order valence-electron chi connectivity index (χ0n) is 14.4. The predicted octanol–water partition coefficient (Wildman–Crippen LogP) is 3.35. The SMILES string of the molecule is COC(=O)c1ccc2c(c1)N(C(C)=O)C/C2=C(/OC)c1ccccc1. The lowest BCUT2D eigenvalue weighted by Gasteiger charge is -2.15. The van der Waals surface area contributed by atoms with Crippen LogP contribution in [0.2, 0.25) is 0 Å². The smallest absolute Gasteiger partial charge is 0.337 e. The van der Waals surface area contributed by atoms with Crippen molar-refractivity contribution < 1.29 is 19.1 Å². The van der Waals surface area contributed by atoms with Crippen molar-refractivity contribution in [2.45, 2.75) is 6.92 Å². The number of carbonyl (C=O) groups excluding carboxylic acids is 2. The van der Waals surface area contributed by atoms with Crippen LogP contribution in [0.25, 0.3) is 11.3 Å². The van der Waals surface area contributed by atoms with Gasteiger partial charge in [-0.2, -0.15) is 0 Å². The lowest BCUT2D eigenvalue weighted by atomic mass is 10.0. The van der Waals surface area contributed by atoms with E-state index in [1.165, 1.54) is 14.0 Å². The van der Waals surface area contributed by atoms with Crippen LogP contribution in [0.5, 0.6) is 0 Å². The molecular weight excluding hydrogens is 318 g/mol. The molecule has 0 radical (unpaired) electrons. The number of hydrogen-bond acceptors (Lipinski definition) is 4. The van der Waals surface area contributed by atoms with Crippen LogP contribution in [0.15, 0.2) is 48.5 Å². The summed E-state index contributed by atoms with van der Waals surface area (Å²) < 4.78 is 10.4. The number of esters is 1. The topological polar surface area (TPSA) is 55.8 Å². The fraction of sp³-hybridized carbons (Fsp3) is 0.200. The first kappa shape index (κ1) is 16.8. The molecule has 2 aromatic carbocycles. The number of ether oxygens (including phenoxy) is 2. The summed E-state index contributed by atoms with van der Waals surface area (Å²) >= 11 is 0. The van der Waals surface area contributed by atoms with Gasteiger partial charge in [0.1, 0.15) is 5.76 Å². The van der Waals surface area contributed by atoms with Crippen LogP contribution < -0.4 is 4.90 Å². The number of rotatable bonds is 3. The van der Waals surface area contributed by atoms with Gasteiger partial charge in [0.15, 0.2) is 0 Å². The lowest BCUT2D eigenvalue weighted by Crippen LogP contribution is -2.26. The van der Waals surface area contributed by atoms with E-state index in [4.69, 9.17) is 9.47 Å². The third-order valence-corrected chi connectivity index (χ3v) is 4.25. The summed E-state index contributed by atoms with van der Waals surface area (Å²) in [4.78, 5) is 25.6. The summed E-state index contributed by atoms with van der Waals surface area (Å²) in [5.74, 6) is 0.192. The minimum Gasteiger partial charge on any atom is -0.496 e. The second kappa shape index (κ2) is 6.81. The number of benzene rings is 2. The van der Waals surface area contributed by atoms with Crippen molar-refractivity contribution in [2.24, 2.45) is 0 Å². The fourth-order valence-electron chi connectivity index (χ4n) is 3.06. The molecule has 0 saturated carbocycles. The van der Waals surface area contributed by atoms with E-state index in [0.717, 1.165) is 22.5 Å². The number of anilines is 1. The van der Waals surface area contributed by atoms with Crippen molar-refractivity contribution in [3.63, 3.8) is 0 Å². The number of nitrogens with zero attached hydrogens (tertiary/aromatic N) is 1. The van der Waals surface area contributed by atoms with E-state index in [9.17, 15) is 9.59 Å². The highest BCUT2D eigenvalue weighted by Gasteiger charge is 2.30. The van der Waals surface area contributed by atoms with Crippen LogP contribution in [0.4, 0.5) is 5.69 Å². The summed E-state index contributed by atoms with van der Waals surface area (Å²) in [5, 5.41) is 0. The molecule has 0 bridgehead atoms. The molecule has 5 nitrogen and oxygen atoms in total. The van der Waals surface area contributed by atoms with Crippen LogP contribution in [0.1, 0.15) is 28.4 Å². The van der Waals surface area contributed by atoms with Gasteiger partial charge >= 0.3 is 5.97 Å². The summed E-state index contributed by atoms with van der Waals surface area (Å²) in [7, 11) is 2.95. The maximum Gasteiger partial charge on any atom is 0.337 e. The third-order valence-electron chi connectivity index (χ3n) is 4.25. The molecule has 1 amide bonds. The molecule has 0 spiro atoms. The Kier molecular flexibility index (Phi) is 4.57. The van der Waals surface area contributed by atoms with Crippen LogP contribution in [-0.2, 0) is 14.3 Å². The molecule has 2 aromatic rings. The Bertz CT molecular complexity index is 855. The summed E-state index contributed by atoms with van der Waals surface area (Å²) in [5.41, 5.74) is 3.83. The van der Waals surface area contributed by atoms with Crippen molar-refractivity contribution in [2.75, 3.05) is 25.7 Å². The first-order chi connectivity index (χ1) is 12.1. The normalized spacial score (nSPS) is 14.8. The van der Waals surface area contributed by atoms with Gasteiger partial charge in [-0.25, -0.2) is 4.79 Å². The number of methoxy groups -OCH3 is 2. The van der Waals surface area contributed by atoms with Gasteiger partial charge in [-0.1, -0.05) is 36.4 Å². The van der Waals surface area contributed by atoms with E-state index in [1.54, 1.807) is 24.1 Å². The molecule has 128 valence electrons. The summed E-state index contributed by atoms with van der Waals surface area (Å²) in [6.07, 6.45) is 0. The molecule has 1 heterocycles. The zero-order valence-corrected chi connectivity index (χ0v) is 14.4. The average molecular weight is 337 g/mol. The van der Waals surface area contributed by atoms with E-state index in [2.05, 4.69) is 0 Å². The van der Waals surface area contributed by atoms with E-state index < -0.39 is 5.97 Å². The number of amides is 1. The van der Waals surface area contributed by atoms with Crippen molar-refractivity contribution in [1.82, 2.24) is 0 Å². The molecule has 5 heteroatoms.